The molecule has 2 atom stereocenters. The SMILES string of the molecule is CC(CNC(C)c1cc(F)c(Cl)cc1Cl)c1ccccc1. The molecule has 1 N–H and O–H groups in total. The first-order valence-corrected chi connectivity index (χ1v) is 7.67. The van der Waals surface area contributed by atoms with Gasteiger partial charge in [-0.25, -0.2) is 4.39 Å². The van der Waals surface area contributed by atoms with Crippen LogP contribution in [0.1, 0.15) is 36.9 Å². The van der Waals surface area contributed by atoms with Crippen LogP contribution in [0.5, 0.6) is 0 Å². The molecule has 0 fully saturated rings. The lowest BCUT2D eigenvalue weighted by Gasteiger charge is -2.19. The molecule has 0 spiro atoms. The van der Waals surface area contributed by atoms with Crippen LogP contribution in [0.3, 0.4) is 0 Å². The van der Waals surface area contributed by atoms with Crippen molar-refractivity contribution in [1.29, 1.82) is 0 Å². The third kappa shape index (κ3) is 4.19. The van der Waals surface area contributed by atoms with Gasteiger partial charge >= 0.3 is 0 Å². The van der Waals surface area contributed by atoms with E-state index in [0.29, 0.717) is 10.9 Å². The normalized spacial score (nSPS) is 14.0. The lowest BCUT2D eigenvalue weighted by Crippen LogP contribution is -2.24. The number of nitrogens with one attached hydrogen (secondary N) is 1. The van der Waals surface area contributed by atoms with E-state index in [0.717, 1.165) is 12.1 Å². The third-order valence-corrected chi connectivity index (χ3v) is 4.22. The lowest BCUT2D eigenvalue weighted by molar-refractivity contribution is 0.533. The first-order valence-electron chi connectivity index (χ1n) is 6.91. The van der Waals surface area contributed by atoms with Crippen molar-refractivity contribution in [2.45, 2.75) is 25.8 Å². The number of benzene rings is 2. The average molecular weight is 326 g/mol. The molecule has 112 valence electrons. The topological polar surface area (TPSA) is 12.0 Å². The van der Waals surface area contributed by atoms with Crippen molar-refractivity contribution in [2.24, 2.45) is 0 Å². The zero-order chi connectivity index (χ0) is 15.4. The highest BCUT2D eigenvalue weighted by atomic mass is 35.5. The summed E-state index contributed by atoms with van der Waals surface area (Å²) in [5, 5.41) is 3.92. The maximum absolute atomic E-state index is 13.6. The fourth-order valence-corrected chi connectivity index (χ4v) is 2.78. The molecule has 2 aromatic rings. The van der Waals surface area contributed by atoms with Crippen molar-refractivity contribution in [3.8, 4) is 0 Å². The molecule has 2 unspecified atom stereocenters. The van der Waals surface area contributed by atoms with Crippen molar-refractivity contribution in [1.82, 2.24) is 5.32 Å². The van der Waals surface area contributed by atoms with Crippen LogP contribution in [0.25, 0.3) is 0 Å². The molecule has 21 heavy (non-hydrogen) atoms. The van der Waals surface area contributed by atoms with Gasteiger partial charge in [-0.15, -0.1) is 0 Å². The Balaban J connectivity index is 2.02. The summed E-state index contributed by atoms with van der Waals surface area (Å²) in [4.78, 5) is 0. The Labute approximate surface area is 135 Å². The summed E-state index contributed by atoms with van der Waals surface area (Å²) in [5.41, 5.74) is 1.99. The predicted molar refractivity (Wildman–Crippen MR) is 87.7 cm³/mol. The van der Waals surface area contributed by atoms with E-state index < -0.39 is 5.82 Å². The van der Waals surface area contributed by atoms with E-state index in [1.54, 1.807) is 0 Å². The molecule has 0 saturated heterocycles. The van der Waals surface area contributed by atoms with Crippen LogP contribution >= 0.6 is 23.2 Å². The van der Waals surface area contributed by atoms with E-state index in [-0.39, 0.29) is 11.1 Å². The molecule has 0 heterocycles. The molecule has 2 aromatic carbocycles. The standard InChI is InChI=1S/C17H18Cl2FN/c1-11(13-6-4-3-5-7-13)10-21-12(2)14-8-17(20)16(19)9-15(14)18/h3-9,11-12,21H,10H2,1-2H3. The Kier molecular flexibility index (Phi) is 5.63. The zero-order valence-corrected chi connectivity index (χ0v) is 13.5. The molecule has 0 saturated carbocycles. The molecule has 4 heteroatoms. The Morgan fingerprint density at radius 3 is 2.38 bits per heavy atom. The fraction of sp³-hybridized carbons (Fsp3) is 0.294. The molecule has 0 bridgehead atoms. The lowest BCUT2D eigenvalue weighted by atomic mass is 10.0. The van der Waals surface area contributed by atoms with Gasteiger partial charge in [-0.05, 0) is 36.1 Å². The summed E-state index contributed by atoms with van der Waals surface area (Å²) in [5.74, 6) is -0.0783. The van der Waals surface area contributed by atoms with Gasteiger partial charge in [-0.1, -0.05) is 60.5 Å². The predicted octanol–water partition coefficient (Wildman–Crippen LogP) is 5.59. The minimum absolute atomic E-state index is 0.0459. The molecule has 0 radical (unpaired) electrons. The molecule has 0 aliphatic heterocycles. The van der Waals surface area contributed by atoms with Gasteiger partial charge in [0.2, 0.25) is 0 Å². The van der Waals surface area contributed by atoms with Gasteiger partial charge in [0, 0.05) is 17.6 Å². The fourth-order valence-electron chi connectivity index (χ4n) is 2.23. The summed E-state index contributed by atoms with van der Waals surface area (Å²) in [7, 11) is 0. The second kappa shape index (κ2) is 7.26. The zero-order valence-electron chi connectivity index (χ0n) is 12.0. The molecule has 0 amide bonds. The quantitative estimate of drug-likeness (QED) is 0.707. The van der Waals surface area contributed by atoms with Crippen LogP contribution in [-0.2, 0) is 0 Å². The molecule has 0 aliphatic carbocycles. The third-order valence-electron chi connectivity index (χ3n) is 3.60. The van der Waals surface area contributed by atoms with Gasteiger partial charge in [-0.2, -0.15) is 0 Å². The van der Waals surface area contributed by atoms with E-state index in [1.165, 1.54) is 17.7 Å². The molecular weight excluding hydrogens is 308 g/mol. The number of hydrogen-bond donors (Lipinski definition) is 1. The van der Waals surface area contributed by atoms with E-state index in [4.69, 9.17) is 23.2 Å². The van der Waals surface area contributed by atoms with Crippen LogP contribution in [0, 0.1) is 5.82 Å². The minimum Gasteiger partial charge on any atom is -0.310 e. The van der Waals surface area contributed by atoms with Crippen LogP contribution in [0.15, 0.2) is 42.5 Å². The van der Waals surface area contributed by atoms with Crippen LogP contribution < -0.4 is 5.32 Å². The summed E-state index contributed by atoms with van der Waals surface area (Å²) in [6.45, 7) is 4.90. The Morgan fingerprint density at radius 1 is 1.05 bits per heavy atom. The first-order chi connectivity index (χ1) is 9.99. The summed E-state index contributed by atoms with van der Waals surface area (Å²) < 4.78 is 13.6. The molecule has 2 rings (SSSR count). The molecule has 1 nitrogen and oxygen atoms in total. The monoisotopic (exact) mass is 325 g/mol. The summed E-state index contributed by atoms with van der Waals surface area (Å²) in [6.07, 6.45) is 0. The molecular formula is C17H18Cl2FN. The Hall–Kier alpha value is -1.09. The second-order valence-electron chi connectivity index (χ2n) is 5.23. The van der Waals surface area contributed by atoms with Crippen molar-refractivity contribution in [3.05, 3.63) is 69.5 Å². The summed E-state index contributed by atoms with van der Waals surface area (Å²) in [6, 6.07) is 13.1. The summed E-state index contributed by atoms with van der Waals surface area (Å²) >= 11 is 11.9. The van der Waals surface area contributed by atoms with Gasteiger partial charge < -0.3 is 5.32 Å². The van der Waals surface area contributed by atoms with Crippen molar-refractivity contribution < 1.29 is 4.39 Å². The van der Waals surface area contributed by atoms with E-state index in [1.807, 2.05) is 25.1 Å². The van der Waals surface area contributed by atoms with Crippen molar-refractivity contribution >= 4 is 23.2 Å². The van der Waals surface area contributed by atoms with E-state index >= 15 is 0 Å². The first kappa shape index (κ1) is 16.3. The smallest absolute Gasteiger partial charge is 0.142 e. The highest BCUT2D eigenvalue weighted by Gasteiger charge is 2.14. The van der Waals surface area contributed by atoms with Gasteiger partial charge in [0.05, 0.1) is 5.02 Å². The van der Waals surface area contributed by atoms with Gasteiger partial charge in [0.25, 0.3) is 0 Å². The maximum Gasteiger partial charge on any atom is 0.142 e. The van der Waals surface area contributed by atoms with Gasteiger partial charge in [0.1, 0.15) is 5.82 Å². The van der Waals surface area contributed by atoms with Gasteiger partial charge in [-0.3, -0.25) is 0 Å². The number of rotatable bonds is 5. The minimum atomic E-state index is -0.444. The second-order valence-corrected chi connectivity index (χ2v) is 6.04. The largest absolute Gasteiger partial charge is 0.310 e. The highest BCUT2D eigenvalue weighted by Crippen LogP contribution is 2.29. The van der Waals surface area contributed by atoms with Crippen LogP contribution in [0.2, 0.25) is 10.0 Å². The maximum atomic E-state index is 13.6. The van der Waals surface area contributed by atoms with Crippen LogP contribution in [0.4, 0.5) is 4.39 Å². The number of halogens is 3. The van der Waals surface area contributed by atoms with E-state index in [9.17, 15) is 4.39 Å². The highest BCUT2D eigenvalue weighted by molar-refractivity contribution is 6.35. The number of hydrogen-bond acceptors (Lipinski definition) is 1. The molecule has 0 aliphatic rings. The Bertz CT molecular complexity index is 601. The van der Waals surface area contributed by atoms with Crippen molar-refractivity contribution in [2.75, 3.05) is 6.54 Å². The Morgan fingerprint density at radius 2 is 1.71 bits per heavy atom. The van der Waals surface area contributed by atoms with Gasteiger partial charge in [0.15, 0.2) is 0 Å². The van der Waals surface area contributed by atoms with Crippen molar-refractivity contribution in [3.63, 3.8) is 0 Å². The van der Waals surface area contributed by atoms with E-state index in [2.05, 4.69) is 24.4 Å². The average Bonchev–Trinajstić information content (AvgIpc) is 2.49. The van der Waals surface area contributed by atoms with Crippen LogP contribution in [-0.4, -0.2) is 6.54 Å². The molecule has 0 aromatic heterocycles.